The Kier molecular flexibility index (Phi) is 7.04. The summed E-state index contributed by atoms with van der Waals surface area (Å²) in [7, 11) is 0. The van der Waals surface area contributed by atoms with Crippen molar-refractivity contribution < 1.29 is 19.1 Å². The minimum absolute atomic E-state index is 0.0457. The van der Waals surface area contributed by atoms with E-state index in [1.807, 2.05) is 37.3 Å². The van der Waals surface area contributed by atoms with Crippen LogP contribution in [0.4, 0.5) is 0 Å². The second-order valence-electron chi connectivity index (χ2n) is 7.26. The monoisotopic (exact) mass is 413 g/mol. The molecule has 1 aliphatic rings. The number of ether oxygens (including phenoxy) is 1. The van der Waals surface area contributed by atoms with Crippen molar-refractivity contribution >= 4 is 29.3 Å². The fraction of sp³-hybridized carbons (Fsp3) is 0.348. The highest BCUT2D eigenvalue weighted by molar-refractivity contribution is 6.30. The lowest BCUT2D eigenvalue weighted by Crippen LogP contribution is -2.31. The van der Waals surface area contributed by atoms with E-state index in [0.717, 1.165) is 24.8 Å². The van der Waals surface area contributed by atoms with Crippen LogP contribution in [0.1, 0.15) is 59.3 Å². The summed E-state index contributed by atoms with van der Waals surface area (Å²) < 4.78 is 5.00. The van der Waals surface area contributed by atoms with E-state index in [1.165, 1.54) is 11.1 Å². The number of aryl methyl sites for hydroxylation is 2. The zero-order valence-electron chi connectivity index (χ0n) is 16.4. The average molecular weight is 414 g/mol. The van der Waals surface area contributed by atoms with E-state index in [-0.39, 0.29) is 31.3 Å². The fourth-order valence-corrected chi connectivity index (χ4v) is 3.57. The van der Waals surface area contributed by atoms with Crippen LogP contribution in [-0.2, 0) is 27.2 Å². The van der Waals surface area contributed by atoms with E-state index in [2.05, 4.69) is 5.32 Å². The molecular formula is C23H24ClNO4. The van der Waals surface area contributed by atoms with E-state index in [0.29, 0.717) is 10.6 Å². The zero-order chi connectivity index (χ0) is 20.8. The fourth-order valence-electron chi connectivity index (χ4n) is 3.44. The molecule has 0 fully saturated rings. The number of ketones is 1. The first-order chi connectivity index (χ1) is 13.9. The van der Waals surface area contributed by atoms with Crippen LogP contribution in [0.15, 0.2) is 42.5 Å². The highest BCUT2D eigenvalue weighted by Gasteiger charge is 2.16. The Balaban J connectivity index is 1.39. The maximum absolute atomic E-state index is 12.3. The van der Waals surface area contributed by atoms with Crippen molar-refractivity contribution in [3.63, 3.8) is 0 Å². The van der Waals surface area contributed by atoms with Crippen LogP contribution in [-0.4, -0.2) is 24.3 Å². The molecule has 0 radical (unpaired) electrons. The molecule has 1 atom stereocenters. The molecule has 0 spiro atoms. The number of carbonyl (C=O) groups is 3. The first-order valence-corrected chi connectivity index (χ1v) is 10.2. The molecule has 0 aliphatic heterocycles. The average Bonchev–Trinajstić information content (AvgIpc) is 3.18. The summed E-state index contributed by atoms with van der Waals surface area (Å²) in [6.45, 7) is 1.46. The highest BCUT2D eigenvalue weighted by atomic mass is 35.5. The SMILES string of the molecule is C[C@@H](NC(=O)COC(=O)CCC(=O)c1ccc2c(c1)CCC2)c1ccc(Cl)cc1. The molecule has 0 unspecified atom stereocenters. The van der Waals surface area contributed by atoms with Gasteiger partial charge in [-0.1, -0.05) is 35.9 Å². The summed E-state index contributed by atoms with van der Waals surface area (Å²) >= 11 is 5.85. The van der Waals surface area contributed by atoms with Crippen LogP contribution in [0.2, 0.25) is 5.02 Å². The molecule has 0 saturated carbocycles. The summed E-state index contributed by atoms with van der Waals surface area (Å²) in [6.07, 6.45) is 3.21. The Hall–Kier alpha value is -2.66. The second-order valence-corrected chi connectivity index (χ2v) is 7.70. The van der Waals surface area contributed by atoms with Crippen LogP contribution in [0.25, 0.3) is 0 Å². The molecule has 6 heteroatoms. The zero-order valence-corrected chi connectivity index (χ0v) is 17.1. The van der Waals surface area contributed by atoms with E-state index < -0.39 is 11.9 Å². The van der Waals surface area contributed by atoms with Gasteiger partial charge in [0.15, 0.2) is 12.4 Å². The lowest BCUT2D eigenvalue weighted by molar-refractivity contribution is -0.148. The van der Waals surface area contributed by atoms with Gasteiger partial charge in [0.25, 0.3) is 5.91 Å². The molecule has 1 N–H and O–H groups in total. The molecule has 2 aromatic carbocycles. The number of halogens is 1. The van der Waals surface area contributed by atoms with Crippen LogP contribution in [0.3, 0.4) is 0 Å². The van der Waals surface area contributed by atoms with Gasteiger partial charge in [0, 0.05) is 17.0 Å². The van der Waals surface area contributed by atoms with Crippen molar-refractivity contribution in [3.8, 4) is 0 Å². The van der Waals surface area contributed by atoms with Crippen molar-refractivity contribution in [3.05, 3.63) is 69.7 Å². The first-order valence-electron chi connectivity index (χ1n) is 9.78. The Labute approximate surface area is 175 Å². The van der Waals surface area contributed by atoms with Gasteiger partial charge in [0.2, 0.25) is 0 Å². The van der Waals surface area contributed by atoms with E-state index in [1.54, 1.807) is 12.1 Å². The van der Waals surface area contributed by atoms with Gasteiger partial charge >= 0.3 is 5.97 Å². The van der Waals surface area contributed by atoms with Crippen LogP contribution < -0.4 is 5.32 Å². The summed E-state index contributed by atoms with van der Waals surface area (Å²) in [5.41, 5.74) is 4.06. The molecule has 152 valence electrons. The van der Waals surface area contributed by atoms with Gasteiger partial charge in [0.1, 0.15) is 0 Å². The number of nitrogens with one attached hydrogen (secondary N) is 1. The third-order valence-electron chi connectivity index (χ3n) is 5.09. The summed E-state index contributed by atoms with van der Waals surface area (Å²) in [6, 6.07) is 12.7. The largest absolute Gasteiger partial charge is 0.456 e. The van der Waals surface area contributed by atoms with Crippen molar-refractivity contribution in [1.29, 1.82) is 0 Å². The van der Waals surface area contributed by atoms with E-state index in [9.17, 15) is 14.4 Å². The Morgan fingerprint density at radius 1 is 1.03 bits per heavy atom. The summed E-state index contributed by atoms with van der Waals surface area (Å²) in [5.74, 6) is -1.04. The molecule has 1 amide bonds. The first kappa shape index (κ1) is 21.1. The van der Waals surface area contributed by atoms with Gasteiger partial charge in [-0.2, -0.15) is 0 Å². The highest BCUT2D eigenvalue weighted by Crippen LogP contribution is 2.23. The number of carbonyl (C=O) groups excluding carboxylic acids is 3. The summed E-state index contributed by atoms with van der Waals surface area (Å²) in [4.78, 5) is 36.2. The van der Waals surface area contributed by atoms with Crippen LogP contribution in [0.5, 0.6) is 0 Å². The number of esters is 1. The van der Waals surface area contributed by atoms with Crippen LogP contribution >= 0.6 is 11.6 Å². The molecule has 1 aliphatic carbocycles. The van der Waals surface area contributed by atoms with E-state index in [4.69, 9.17) is 16.3 Å². The molecule has 0 bridgehead atoms. The van der Waals surface area contributed by atoms with Gasteiger partial charge in [-0.25, -0.2) is 0 Å². The van der Waals surface area contributed by atoms with Crippen LogP contribution in [0, 0.1) is 0 Å². The minimum atomic E-state index is -0.561. The molecule has 3 rings (SSSR count). The topological polar surface area (TPSA) is 72.5 Å². The summed E-state index contributed by atoms with van der Waals surface area (Å²) in [5, 5.41) is 3.38. The van der Waals surface area contributed by atoms with Crippen molar-refractivity contribution in [1.82, 2.24) is 5.32 Å². The Bertz CT molecular complexity index is 908. The van der Waals surface area contributed by atoms with Crippen molar-refractivity contribution in [2.45, 2.75) is 45.1 Å². The Morgan fingerprint density at radius 3 is 2.52 bits per heavy atom. The molecule has 0 saturated heterocycles. The molecule has 2 aromatic rings. The number of amides is 1. The van der Waals surface area contributed by atoms with Gasteiger partial charge in [-0.15, -0.1) is 0 Å². The number of hydrogen-bond acceptors (Lipinski definition) is 4. The van der Waals surface area contributed by atoms with Crippen molar-refractivity contribution in [2.75, 3.05) is 6.61 Å². The lowest BCUT2D eigenvalue weighted by Gasteiger charge is -2.14. The Morgan fingerprint density at radius 2 is 1.76 bits per heavy atom. The number of Topliss-reactive ketones (excluding diaryl/α,β-unsaturated/α-hetero) is 1. The normalized spacial score (nSPS) is 13.4. The molecule has 5 nitrogen and oxygen atoms in total. The van der Waals surface area contributed by atoms with Gasteiger partial charge in [-0.05, 0) is 61.1 Å². The van der Waals surface area contributed by atoms with Gasteiger partial charge in [0.05, 0.1) is 12.5 Å². The number of rotatable bonds is 8. The standard InChI is InChI=1S/C23H24ClNO4/c1-15(16-7-9-20(24)10-8-16)25-22(27)14-29-23(28)12-11-21(26)19-6-5-17-3-2-4-18(17)13-19/h5-10,13,15H,2-4,11-12,14H2,1H3,(H,25,27)/t15-/m1/s1. The van der Waals surface area contributed by atoms with E-state index >= 15 is 0 Å². The van der Waals surface area contributed by atoms with Gasteiger partial charge in [-0.3, -0.25) is 14.4 Å². The smallest absolute Gasteiger partial charge is 0.306 e. The molecule has 29 heavy (non-hydrogen) atoms. The molecule has 0 aromatic heterocycles. The third kappa shape index (κ3) is 5.91. The van der Waals surface area contributed by atoms with Gasteiger partial charge < -0.3 is 10.1 Å². The maximum atomic E-state index is 12.3. The lowest BCUT2D eigenvalue weighted by atomic mass is 10.0. The number of benzene rings is 2. The number of fused-ring (bicyclic) bond motifs is 1. The molecule has 0 heterocycles. The molecular weight excluding hydrogens is 390 g/mol. The number of hydrogen-bond donors (Lipinski definition) is 1. The van der Waals surface area contributed by atoms with Crippen molar-refractivity contribution in [2.24, 2.45) is 0 Å². The maximum Gasteiger partial charge on any atom is 0.306 e. The second kappa shape index (κ2) is 9.70. The quantitative estimate of drug-likeness (QED) is 0.519. The predicted molar refractivity (Wildman–Crippen MR) is 111 cm³/mol. The minimum Gasteiger partial charge on any atom is -0.456 e. The predicted octanol–water partition coefficient (Wildman–Crippen LogP) is 4.21. The third-order valence-corrected chi connectivity index (χ3v) is 5.34.